The minimum Gasteiger partial charge on any atom is -0.393 e. The van der Waals surface area contributed by atoms with Crippen LogP contribution in [0.2, 0.25) is 0 Å². The quantitative estimate of drug-likeness (QED) is 0.350. The van der Waals surface area contributed by atoms with E-state index in [0.717, 1.165) is 25.2 Å². The molecule has 4 fully saturated rings. The Labute approximate surface area is 185 Å². The van der Waals surface area contributed by atoms with Crippen LogP contribution >= 0.6 is 0 Å². The highest BCUT2D eigenvalue weighted by atomic mass is 16.7. The number of hydrogen-bond acceptors (Lipinski definition) is 3. The van der Waals surface area contributed by atoms with Gasteiger partial charge in [0.2, 0.25) is 0 Å². The fourth-order valence-corrected chi connectivity index (χ4v) is 8.03. The highest BCUT2D eigenvalue weighted by molar-refractivity contribution is 5.24. The van der Waals surface area contributed by atoms with Crippen molar-refractivity contribution in [3.63, 3.8) is 0 Å². The Hall–Kier alpha value is -0.820. The molecule has 4 unspecified atom stereocenters. The molecule has 3 nitrogen and oxygen atoms in total. The van der Waals surface area contributed by atoms with Crippen molar-refractivity contribution in [3.8, 4) is 12.8 Å². The molecule has 3 heteroatoms. The molecule has 0 aromatic carbocycles. The summed E-state index contributed by atoms with van der Waals surface area (Å²) in [6, 6.07) is 0. The lowest BCUT2D eigenvalue weighted by Gasteiger charge is -2.63. The third-order valence-corrected chi connectivity index (χ3v) is 9.75. The molecule has 1 N–H and O–H groups in total. The van der Waals surface area contributed by atoms with Crippen LogP contribution in [0.5, 0.6) is 0 Å². The summed E-state index contributed by atoms with van der Waals surface area (Å²) < 4.78 is 12.4. The molecule has 0 aromatic rings. The molecule has 0 aliphatic heterocycles. The van der Waals surface area contributed by atoms with Crippen LogP contribution in [0, 0.1) is 47.3 Å². The maximum Gasteiger partial charge on any atom is 0.162 e. The van der Waals surface area contributed by atoms with Crippen molar-refractivity contribution in [2.45, 2.75) is 104 Å². The first-order valence-corrected chi connectivity index (χ1v) is 12.0. The molecule has 0 spiro atoms. The van der Waals surface area contributed by atoms with Crippen LogP contribution in [0.15, 0.2) is 11.6 Å². The number of hydrogen-bond donors (Lipinski definition) is 1. The molecule has 0 saturated heterocycles. The van der Waals surface area contributed by atoms with E-state index in [9.17, 15) is 5.11 Å². The summed E-state index contributed by atoms with van der Waals surface area (Å²) in [5.41, 5.74) is 2.40. The predicted molar refractivity (Wildman–Crippen MR) is 123 cm³/mol. The molecule has 0 radical (unpaired) electrons. The van der Waals surface area contributed by atoms with Crippen molar-refractivity contribution < 1.29 is 14.6 Å². The third-order valence-electron chi connectivity index (χ3n) is 9.75. The third kappa shape index (κ3) is 3.78. The SMILES string of the molecule is C#C.C/C=C1/CCC2C3C(CC[C@]12C)[C@@]1(C)CC[C@@H](O)CC1C[C@@H]3OC(C)(C)OC. The van der Waals surface area contributed by atoms with Crippen LogP contribution in [0.1, 0.15) is 86.0 Å². The van der Waals surface area contributed by atoms with Gasteiger partial charge >= 0.3 is 0 Å². The zero-order chi connectivity index (χ0) is 22.3. The molecule has 4 saturated carbocycles. The van der Waals surface area contributed by atoms with Crippen molar-refractivity contribution >= 4 is 0 Å². The zero-order valence-electron chi connectivity index (χ0n) is 20.1. The van der Waals surface area contributed by atoms with E-state index in [-0.39, 0.29) is 12.2 Å². The van der Waals surface area contributed by atoms with Gasteiger partial charge in [0, 0.05) is 7.11 Å². The summed E-state index contributed by atoms with van der Waals surface area (Å²) >= 11 is 0. The van der Waals surface area contributed by atoms with E-state index in [2.05, 4.69) is 53.5 Å². The predicted octanol–water partition coefficient (Wildman–Crippen LogP) is 5.96. The maximum absolute atomic E-state index is 10.4. The van der Waals surface area contributed by atoms with E-state index in [4.69, 9.17) is 9.47 Å². The Morgan fingerprint density at radius 2 is 1.77 bits per heavy atom. The summed E-state index contributed by atoms with van der Waals surface area (Å²) in [5, 5.41) is 10.4. The Kier molecular flexibility index (Phi) is 6.84. The lowest BCUT2D eigenvalue weighted by Crippen LogP contribution is -2.59. The lowest BCUT2D eigenvalue weighted by molar-refractivity contribution is -0.273. The Morgan fingerprint density at radius 1 is 1.07 bits per heavy atom. The van der Waals surface area contributed by atoms with Gasteiger partial charge in [0.1, 0.15) is 0 Å². The van der Waals surface area contributed by atoms with Gasteiger partial charge in [0.25, 0.3) is 0 Å². The van der Waals surface area contributed by atoms with Crippen molar-refractivity contribution in [1.82, 2.24) is 0 Å². The molecule has 0 amide bonds. The number of aliphatic hydroxyl groups excluding tert-OH is 1. The molecule has 4 rings (SSSR count). The highest BCUT2D eigenvalue weighted by Crippen LogP contribution is 2.67. The summed E-state index contributed by atoms with van der Waals surface area (Å²) in [6.45, 7) is 11.4. The fraction of sp³-hybridized carbons (Fsp3) is 0.852. The van der Waals surface area contributed by atoms with E-state index in [1.54, 1.807) is 12.7 Å². The van der Waals surface area contributed by atoms with Gasteiger partial charge in [0.05, 0.1) is 12.2 Å². The first-order valence-electron chi connectivity index (χ1n) is 12.0. The monoisotopic (exact) mass is 416 g/mol. The van der Waals surface area contributed by atoms with Crippen LogP contribution in [-0.2, 0) is 9.47 Å². The molecule has 30 heavy (non-hydrogen) atoms. The van der Waals surface area contributed by atoms with Crippen molar-refractivity contribution in [3.05, 3.63) is 11.6 Å². The van der Waals surface area contributed by atoms with Gasteiger partial charge in [-0.05, 0) is 107 Å². The normalized spacial score (nSPS) is 46.9. The lowest BCUT2D eigenvalue weighted by atomic mass is 9.44. The molecule has 4 aliphatic rings. The summed E-state index contributed by atoms with van der Waals surface area (Å²) in [6.07, 6.45) is 19.9. The summed E-state index contributed by atoms with van der Waals surface area (Å²) in [5.74, 6) is 2.07. The summed E-state index contributed by atoms with van der Waals surface area (Å²) in [4.78, 5) is 0. The van der Waals surface area contributed by atoms with Gasteiger partial charge in [-0.15, -0.1) is 12.8 Å². The van der Waals surface area contributed by atoms with Crippen molar-refractivity contribution in [1.29, 1.82) is 0 Å². The van der Waals surface area contributed by atoms with E-state index in [1.807, 2.05) is 0 Å². The first-order chi connectivity index (χ1) is 14.1. The number of allylic oxidation sites excluding steroid dienone is 2. The second kappa shape index (κ2) is 8.61. The molecule has 4 aliphatic carbocycles. The van der Waals surface area contributed by atoms with Gasteiger partial charge < -0.3 is 14.6 Å². The minimum absolute atomic E-state index is 0.124. The molecular weight excluding hydrogens is 372 g/mol. The van der Waals surface area contributed by atoms with Gasteiger partial charge in [-0.3, -0.25) is 0 Å². The molecule has 0 aromatic heterocycles. The van der Waals surface area contributed by atoms with Gasteiger partial charge in [-0.25, -0.2) is 0 Å². The van der Waals surface area contributed by atoms with E-state index < -0.39 is 5.79 Å². The Bertz CT molecular complexity index is 664. The second-order valence-electron chi connectivity index (χ2n) is 11.2. The first kappa shape index (κ1) is 23.8. The van der Waals surface area contributed by atoms with Crippen molar-refractivity contribution in [2.24, 2.45) is 34.5 Å². The molecule has 170 valence electrons. The molecule has 8 atom stereocenters. The number of terminal acetylenes is 1. The standard InChI is InChI=1S/C25H42O3.C2H2/c1-7-16-8-9-19-22-20(11-13-24(16,19)4)25(5)12-10-18(26)14-17(25)15-21(22)28-23(2,3)27-6;1-2/h7,17-22,26H,8-15H2,1-6H3;1-2H/b16-7-;/t17?,18-,19?,20?,21+,22?,24-,25+;/m1./s1. The van der Waals surface area contributed by atoms with Crippen LogP contribution < -0.4 is 0 Å². The molecule has 0 bridgehead atoms. The van der Waals surface area contributed by atoms with Crippen LogP contribution in [0.25, 0.3) is 0 Å². The highest BCUT2D eigenvalue weighted by Gasteiger charge is 2.62. The maximum atomic E-state index is 10.4. The minimum atomic E-state index is -0.549. The van der Waals surface area contributed by atoms with Crippen LogP contribution in [-0.4, -0.2) is 30.2 Å². The molecule has 0 heterocycles. The van der Waals surface area contributed by atoms with E-state index in [0.29, 0.717) is 28.6 Å². The van der Waals surface area contributed by atoms with Crippen LogP contribution in [0.4, 0.5) is 0 Å². The smallest absolute Gasteiger partial charge is 0.162 e. The van der Waals surface area contributed by atoms with Crippen molar-refractivity contribution in [2.75, 3.05) is 7.11 Å². The fourth-order valence-electron chi connectivity index (χ4n) is 8.03. The Balaban J connectivity index is 0.00000124. The van der Waals surface area contributed by atoms with E-state index >= 15 is 0 Å². The van der Waals surface area contributed by atoms with Crippen LogP contribution in [0.3, 0.4) is 0 Å². The second-order valence-corrected chi connectivity index (χ2v) is 11.2. The van der Waals surface area contributed by atoms with Gasteiger partial charge in [-0.2, -0.15) is 0 Å². The Morgan fingerprint density at radius 3 is 2.40 bits per heavy atom. The van der Waals surface area contributed by atoms with E-state index in [1.165, 1.54) is 32.1 Å². The zero-order valence-corrected chi connectivity index (χ0v) is 20.1. The topological polar surface area (TPSA) is 38.7 Å². The number of rotatable bonds is 3. The largest absolute Gasteiger partial charge is 0.393 e. The molecular formula is C27H44O3. The summed E-state index contributed by atoms with van der Waals surface area (Å²) in [7, 11) is 1.76. The van der Waals surface area contributed by atoms with Gasteiger partial charge in [-0.1, -0.05) is 25.5 Å². The average Bonchev–Trinajstić information content (AvgIpc) is 3.06. The number of methoxy groups -OCH3 is 1. The average molecular weight is 417 g/mol. The number of ether oxygens (including phenoxy) is 2. The van der Waals surface area contributed by atoms with Gasteiger partial charge in [0.15, 0.2) is 5.79 Å². The number of aliphatic hydroxyl groups is 1. The number of fused-ring (bicyclic) bond motifs is 5.